The van der Waals surface area contributed by atoms with Crippen molar-refractivity contribution in [2.24, 2.45) is 0 Å². The van der Waals surface area contributed by atoms with E-state index in [0.717, 1.165) is 18.0 Å². The van der Waals surface area contributed by atoms with Gasteiger partial charge in [0.2, 0.25) is 0 Å². The molecule has 0 saturated carbocycles. The zero-order valence-corrected chi connectivity index (χ0v) is 17.9. The second-order valence-corrected chi connectivity index (χ2v) is 9.17. The molecule has 0 unspecified atom stereocenters. The molecule has 1 heterocycles. The number of hydrogen-bond acceptors (Lipinski definition) is 7. The number of hydrogen-bond donors (Lipinski definition) is 0. The SMILES string of the molecule is CCOc1cc(/C=C2\SC(=S)N(c3ccc(F)cc3)C2=O)ccc1OS(C)(=O)=O. The Balaban J connectivity index is 1.91. The third kappa shape index (κ3) is 5.14. The molecule has 29 heavy (non-hydrogen) atoms. The summed E-state index contributed by atoms with van der Waals surface area (Å²) in [5.74, 6) is -0.443. The van der Waals surface area contributed by atoms with E-state index in [2.05, 4.69) is 0 Å². The first-order chi connectivity index (χ1) is 13.7. The third-order valence-electron chi connectivity index (χ3n) is 3.69. The first kappa shape index (κ1) is 21.3. The largest absolute Gasteiger partial charge is 0.490 e. The summed E-state index contributed by atoms with van der Waals surface area (Å²) < 4.78 is 46.7. The average Bonchev–Trinajstić information content (AvgIpc) is 2.91. The van der Waals surface area contributed by atoms with Crippen LogP contribution in [0.25, 0.3) is 6.08 Å². The van der Waals surface area contributed by atoms with Crippen LogP contribution in [0.15, 0.2) is 47.4 Å². The minimum Gasteiger partial charge on any atom is -0.490 e. The van der Waals surface area contributed by atoms with E-state index in [1.165, 1.54) is 35.2 Å². The van der Waals surface area contributed by atoms with Crippen LogP contribution in [0.2, 0.25) is 0 Å². The lowest BCUT2D eigenvalue weighted by atomic mass is 10.2. The third-order valence-corrected chi connectivity index (χ3v) is 5.47. The highest BCUT2D eigenvalue weighted by atomic mass is 32.2. The van der Waals surface area contributed by atoms with E-state index in [1.807, 2.05) is 0 Å². The Morgan fingerprint density at radius 3 is 2.48 bits per heavy atom. The number of carbonyl (C=O) groups excluding carboxylic acids is 1. The number of halogens is 1. The zero-order valence-electron chi connectivity index (χ0n) is 15.4. The number of carbonyl (C=O) groups is 1. The molecule has 152 valence electrons. The van der Waals surface area contributed by atoms with Gasteiger partial charge in [0.05, 0.1) is 23.5 Å². The quantitative estimate of drug-likeness (QED) is 0.372. The summed E-state index contributed by atoms with van der Waals surface area (Å²) in [4.78, 5) is 14.5. The van der Waals surface area contributed by atoms with E-state index < -0.39 is 15.9 Å². The van der Waals surface area contributed by atoms with Crippen LogP contribution in [0.3, 0.4) is 0 Å². The van der Waals surface area contributed by atoms with Gasteiger partial charge in [-0.15, -0.1) is 0 Å². The molecule has 0 N–H and O–H groups in total. The fourth-order valence-electron chi connectivity index (χ4n) is 2.55. The van der Waals surface area contributed by atoms with Crippen molar-refractivity contribution in [1.82, 2.24) is 0 Å². The second kappa shape index (κ2) is 8.52. The van der Waals surface area contributed by atoms with Crippen LogP contribution >= 0.6 is 24.0 Å². The lowest BCUT2D eigenvalue weighted by molar-refractivity contribution is -0.113. The summed E-state index contributed by atoms with van der Waals surface area (Å²) in [5.41, 5.74) is 1.08. The Hall–Kier alpha value is -2.43. The number of anilines is 1. The molecule has 0 aliphatic carbocycles. The Morgan fingerprint density at radius 1 is 1.17 bits per heavy atom. The van der Waals surface area contributed by atoms with Crippen molar-refractivity contribution in [1.29, 1.82) is 0 Å². The topological polar surface area (TPSA) is 72.9 Å². The Morgan fingerprint density at radius 2 is 1.86 bits per heavy atom. The predicted molar refractivity (Wildman–Crippen MR) is 115 cm³/mol. The van der Waals surface area contributed by atoms with Gasteiger partial charge >= 0.3 is 10.1 Å². The highest BCUT2D eigenvalue weighted by Gasteiger charge is 2.33. The lowest BCUT2D eigenvalue weighted by Gasteiger charge is -2.14. The molecule has 1 amide bonds. The van der Waals surface area contributed by atoms with Gasteiger partial charge in [-0.05, 0) is 55.0 Å². The summed E-state index contributed by atoms with van der Waals surface area (Å²) in [5, 5.41) is 0. The minimum atomic E-state index is -3.71. The molecule has 1 aliphatic rings. The van der Waals surface area contributed by atoms with Crippen molar-refractivity contribution in [2.45, 2.75) is 6.92 Å². The Labute approximate surface area is 177 Å². The van der Waals surface area contributed by atoms with Gasteiger partial charge in [-0.1, -0.05) is 30.0 Å². The van der Waals surface area contributed by atoms with Crippen molar-refractivity contribution in [2.75, 3.05) is 17.8 Å². The van der Waals surface area contributed by atoms with Crippen LogP contribution < -0.4 is 13.8 Å². The molecule has 0 atom stereocenters. The van der Waals surface area contributed by atoms with Crippen molar-refractivity contribution >= 4 is 56.1 Å². The fourth-order valence-corrected chi connectivity index (χ4v) is 4.31. The van der Waals surface area contributed by atoms with Gasteiger partial charge in [0.1, 0.15) is 5.82 Å². The summed E-state index contributed by atoms with van der Waals surface area (Å²) in [6.45, 7) is 2.06. The summed E-state index contributed by atoms with van der Waals surface area (Å²) in [7, 11) is -3.71. The van der Waals surface area contributed by atoms with E-state index in [4.69, 9.17) is 21.1 Å². The number of amides is 1. The molecule has 2 aromatic rings. The summed E-state index contributed by atoms with van der Waals surface area (Å²) in [6, 6.07) is 10.1. The van der Waals surface area contributed by atoms with Crippen molar-refractivity contribution in [3.05, 3.63) is 58.8 Å². The van der Waals surface area contributed by atoms with Crippen LogP contribution in [-0.4, -0.2) is 31.5 Å². The Bertz CT molecular complexity index is 1100. The average molecular weight is 454 g/mol. The first-order valence-corrected chi connectivity index (χ1v) is 11.4. The molecular formula is C19H16FNO5S3. The molecule has 0 bridgehead atoms. The van der Waals surface area contributed by atoms with Crippen molar-refractivity contribution < 1.29 is 26.5 Å². The highest BCUT2D eigenvalue weighted by molar-refractivity contribution is 8.27. The van der Waals surface area contributed by atoms with Crippen LogP contribution in [0.4, 0.5) is 10.1 Å². The van der Waals surface area contributed by atoms with Gasteiger partial charge in [-0.2, -0.15) is 8.42 Å². The molecule has 1 saturated heterocycles. The Kier molecular flexibility index (Phi) is 6.25. The molecular weight excluding hydrogens is 437 g/mol. The normalized spacial score (nSPS) is 15.8. The van der Waals surface area contributed by atoms with Gasteiger partial charge in [0.15, 0.2) is 15.8 Å². The van der Waals surface area contributed by atoms with Gasteiger partial charge in [-0.3, -0.25) is 9.69 Å². The molecule has 1 aliphatic heterocycles. The number of thiocarbonyl (C=S) groups is 1. The molecule has 1 fully saturated rings. The number of nitrogens with zero attached hydrogens (tertiary/aromatic N) is 1. The first-order valence-electron chi connectivity index (χ1n) is 8.38. The summed E-state index contributed by atoms with van der Waals surface area (Å²) >= 11 is 6.41. The van der Waals surface area contributed by atoms with Crippen LogP contribution in [0.1, 0.15) is 12.5 Å². The molecule has 0 radical (unpaired) electrons. The maximum atomic E-state index is 13.2. The fraction of sp³-hybridized carbons (Fsp3) is 0.158. The van der Waals surface area contributed by atoms with E-state index in [-0.39, 0.29) is 17.4 Å². The van der Waals surface area contributed by atoms with E-state index in [0.29, 0.717) is 27.1 Å². The zero-order chi connectivity index (χ0) is 21.2. The monoisotopic (exact) mass is 453 g/mol. The van der Waals surface area contributed by atoms with E-state index >= 15 is 0 Å². The molecule has 2 aromatic carbocycles. The van der Waals surface area contributed by atoms with Crippen LogP contribution in [0.5, 0.6) is 11.5 Å². The molecule has 0 aromatic heterocycles. The number of rotatable bonds is 6. The second-order valence-electron chi connectivity index (χ2n) is 5.92. The number of benzene rings is 2. The van der Waals surface area contributed by atoms with Crippen LogP contribution in [-0.2, 0) is 14.9 Å². The molecule has 0 spiro atoms. The molecule has 3 rings (SSSR count). The maximum absolute atomic E-state index is 13.2. The van der Waals surface area contributed by atoms with Gasteiger partial charge in [0.25, 0.3) is 5.91 Å². The lowest BCUT2D eigenvalue weighted by Crippen LogP contribution is -2.27. The van der Waals surface area contributed by atoms with Gasteiger partial charge in [-0.25, -0.2) is 4.39 Å². The number of thioether (sulfide) groups is 1. The molecule has 10 heteroatoms. The smallest absolute Gasteiger partial charge is 0.306 e. The molecule has 6 nitrogen and oxygen atoms in total. The van der Waals surface area contributed by atoms with Crippen molar-refractivity contribution in [3.63, 3.8) is 0 Å². The van der Waals surface area contributed by atoms with Gasteiger partial charge < -0.3 is 8.92 Å². The maximum Gasteiger partial charge on any atom is 0.306 e. The number of ether oxygens (including phenoxy) is 1. The highest BCUT2D eigenvalue weighted by Crippen LogP contribution is 2.37. The van der Waals surface area contributed by atoms with E-state index in [9.17, 15) is 17.6 Å². The predicted octanol–water partition coefficient (Wildman–Crippen LogP) is 3.97. The minimum absolute atomic E-state index is 0.0605. The van der Waals surface area contributed by atoms with Gasteiger partial charge in [0, 0.05) is 0 Å². The van der Waals surface area contributed by atoms with Crippen molar-refractivity contribution in [3.8, 4) is 11.5 Å². The van der Waals surface area contributed by atoms with E-state index in [1.54, 1.807) is 25.1 Å². The summed E-state index contributed by atoms with van der Waals surface area (Å²) in [6.07, 6.45) is 2.56. The standard InChI is InChI=1S/C19H16FNO5S3/c1-3-25-16-10-12(4-9-15(16)26-29(2,23)24)11-17-18(22)21(19(27)28-17)14-7-5-13(20)6-8-14/h4-11H,3H2,1-2H3/b17-11-. The van der Waals surface area contributed by atoms with Crippen LogP contribution in [0, 0.1) is 5.82 Å².